The van der Waals surface area contributed by atoms with E-state index in [9.17, 15) is 5.11 Å². The van der Waals surface area contributed by atoms with Crippen molar-refractivity contribution in [2.24, 2.45) is 0 Å². The van der Waals surface area contributed by atoms with E-state index in [2.05, 4.69) is 25.3 Å². The van der Waals surface area contributed by atoms with E-state index in [1.165, 1.54) is 0 Å². The Hall–Kier alpha value is 1.28. The van der Waals surface area contributed by atoms with E-state index in [0.29, 0.717) is 5.75 Å². The monoisotopic (exact) mass is 262 g/mol. The highest BCUT2D eigenvalue weighted by molar-refractivity contribution is 8.77. The molecule has 0 saturated carbocycles. The molecule has 0 radical (unpaired) electrons. The standard InChI is InChI=1S/C6H14O3S4/c7-2-1-6(9,4-11)13-12-5(8)3-10/h5,7-11H,1-4H2. The summed E-state index contributed by atoms with van der Waals surface area (Å²) in [5.41, 5.74) is -0.613. The first kappa shape index (κ1) is 14.3. The zero-order valence-electron chi connectivity index (χ0n) is 6.96. The first-order chi connectivity index (χ1) is 6.08. The van der Waals surface area contributed by atoms with E-state index in [-0.39, 0.29) is 18.8 Å². The topological polar surface area (TPSA) is 60.7 Å². The zero-order valence-corrected chi connectivity index (χ0v) is 10.4. The molecule has 0 saturated heterocycles. The molecule has 3 N–H and O–H groups in total. The maximum absolute atomic E-state index is 9.73. The van der Waals surface area contributed by atoms with Crippen LogP contribution in [0.5, 0.6) is 0 Å². The highest BCUT2D eigenvalue weighted by atomic mass is 33.1. The van der Waals surface area contributed by atoms with Gasteiger partial charge in [0.25, 0.3) is 0 Å². The van der Waals surface area contributed by atoms with Crippen molar-refractivity contribution >= 4 is 46.8 Å². The molecule has 0 aromatic rings. The molecule has 0 aliphatic heterocycles. The van der Waals surface area contributed by atoms with Crippen molar-refractivity contribution in [3.63, 3.8) is 0 Å². The van der Waals surface area contributed by atoms with Crippen molar-refractivity contribution in [3.8, 4) is 0 Å². The lowest BCUT2D eigenvalue weighted by Crippen LogP contribution is -2.27. The van der Waals surface area contributed by atoms with E-state index in [1.54, 1.807) is 0 Å². The second kappa shape index (κ2) is 7.56. The molecule has 0 spiro atoms. The first-order valence-corrected chi connectivity index (χ1v) is 7.13. The predicted molar refractivity (Wildman–Crippen MR) is 65.5 cm³/mol. The van der Waals surface area contributed by atoms with E-state index in [1.807, 2.05) is 0 Å². The molecule has 0 aliphatic rings. The lowest BCUT2D eigenvalue weighted by molar-refractivity contribution is 0.124. The highest BCUT2D eigenvalue weighted by Gasteiger charge is 2.26. The van der Waals surface area contributed by atoms with Gasteiger partial charge >= 0.3 is 0 Å². The van der Waals surface area contributed by atoms with E-state index < -0.39 is 10.4 Å². The van der Waals surface area contributed by atoms with E-state index >= 15 is 0 Å². The Labute approximate surface area is 96.9 Å². The molecule has 0 fully saturated rings. The molecule has 0 bridgehead atoms. The third-order valence-electron chi connectivity index (χ3n) is 1.22. The minimum atomic E-state index is -1.08. The summed E-state index contributed by atoms with van der Waals surface area (Å²) in [6.45, 7) is -0.0956. The minimum absolute atomic E-state index is 0.0956. The minimum Gasteiger partial charge on any atom is -0.396 e. The molecule has 2 atom stereocenters. The quantitative estimate of drug-likeness (QED) is 0.264. The fourth-order valence-corrected chi connectivity index (χ4v) is 3.72. The first-order valence-electron chi connectivity index (χ1n) is 3.65. The molecule has 0 heterocycles. The van der Waals surface area contributed by atoms with Crippen molar-refractivity contribution < 1.29 is 15.3 Å². The second-order valence-corrected chi connectivity index (χ2v) is 5.82. The largest absolute Gasteiger partial charge is 0.396 e. The number of aliphatic hydroxyl groups excluding tert-OH is 2. The van der Waals surface area contributed by atoms with Crippen LogP contribution in [0.1, 0.15) is 6.42 Å². The van der Waals surface area contributed by atoms with Crippen LogP contribution in [0.3, 0.4) is 0 Å². The summed E-state index contributed by atoms with van der Waals surface area (Å²) in [5, 5.41) is 27.5. The van der Waals surface area contributed by atoms with Gasteiger partial charge in [-0.05, 0) is 0 Å². The Bertz CT molecular complexity index is 137. The number of hydrogen-bond donors (Lipinski definition) is 5. The molecule has 2 unspecified atom stereocenters. The zero-order chi connectivity index (χ0) is 10.3. The maximum atomic E-state index is 9.73. The summed E-state index contributed by atoms with van der Waals surface area (Å²) in [7, 11) is 2.25. The van der Waals surface area contributed by atoms with E-state index in [0.717, 1.165) is 21.6 Å². The Morgan fingerprint density at radius 3 is 2.38 bits per heavy atom. The fraction of sp³-hybridized carbons (Fsp3) is 1.00. The number of aliphatic hydroxyl groups is 3. The van der Waals surface area contributed by atoms with Crippen molar-refractivity contribution in [2.45, 2.75) is 16.8 Å². The summed E-state index contributed by atoms with van der Waals surface area (Å²) in [6, 6.07) is 0. The van der Waals surface area contributed by atoms with Gasteiger partial charge in [-0.15, -0.1) is 0 Å². The van der Waals surface area contributed by atoms with Gasteiger partial charge in [-0.3, -0.25) is 0 Å². The summed E-state index contributed by atoms with van der Waals surface area (Å²) < 4.78 is 0. The summed E-state index contributed by atoms with van der Waals surface area (Å²) >= 11 is 7.86. The summed E-state index contributed by atoms with van der Waals surface area (Å²) in [4.78, 5) is -1.08. The van der Waals surface area contributed by atoms with Crippen LogP contribution in [-0.4, -0.2) is 43.8 Å². The van der Waals surface area contributed by atoms with Gasteiger partial charge in [0.2, 0.25) is 0 Å². The van der Waals surface area contributed by atoms with Gasteiger partial charge in [0.15, 0.2) is 0 Å². The molecule has 0 aromatic carbocycles. The molecule has 3 nitrogen and oxygen atoms in total. The number of hydrogen-bond acceptors (Lipinski definition) is 7. The molecular weight excluding hydrogens is 248 g/mol. The van der Waals surface area contributed by atoms with Gasteiger partial charge in [0.1, 0.15) is 10.4 Å². The summed E-state index contributed by atoms with van der Waals surface area (Å²) in [6.07, 6.45) is 0.244. The lowest BCUT2D eigenvalue weighted by Gasteiger charge is -2.24. The predicted octanol–water partition coefficient (Wildman–Crippen LogP) is 0.617. The smallest absolute Gasteiger partial charge is 0.131 e. The Morgan fingerprint density at radius 2 is 2.00 bits per heavy atom. The van der Waals surface area contributed by atoms with Gasteiger partial charge in [-0.25, -0.2) is 0 Å². The SMILES string of the molecule is OCCC(O)(CS)SSC(O)CS. The van der Waals surface area contributed by atoms with Crippen LogP contribution in [0, 0.1) is 0 Å². The van der Waals surface area contributed by atoms with E-state index in [4.69, 9.17) is 10.2 Å². The van der Waals surface area contributed by atoms with Crippen molar-refractivity contribution in [1.82, 2.24) is 0 Å². The Kier molecular flexibility index (Phi) is 8.30. The number of rotatable bonds is 7. The molecule has 13 heavy (non-hydrogen) atoms. The van der Waals surface area contributed by atoms with Gasteiger partial charge in [0, 0.05) is 24.5 Å². The second-order valence-electron chi connectivity index (χ2n) is 2.39. The van der Waals surface area contributed by atoms with Gasteiger partial charge in [-0.2, -0.15) is 25.3 Å². The summed E-state index contributed by atoms with van der Waals surface area (Å²) in [5.74, 6) is 0.573. The van der Waals surface area contributed by atoms with Gasteiger partial charge < -0.3 is 15.3 Å². The number of thiol groups is 2. The fourth-order valence-electron chi connectivity index (χ4n) is 0.497. The average molecular weight is 262 g/mol. The molecular formula is C6H14O3S4. The van der Waals surface area contributed by atoms with Crippen molar-refractivity contribution in [1.29, 1.82) is 0 Å². The average Bonchev–Trinajstić information content (AvgIpc) is 2.15. The van der Waals surface area contributed by atoms with Crippen LogP contribution < -0.4 is 0 Å². The van der Waals surface area contributed by atoms with Crippen LogP contribution in [0.4, 0.5) is 0 Å². The molecule has 7 heteroatoms. The van der Waals surface area contributed by atoms with Gasteiger partial charge in [0.05, 0.1) is 0 Å². The van der Waals surface area contributed by atoms with Crippen LogP contribution in [-0.2, 0) is 0 Å². The van der Waals surface area contributed by atoms with Crippen molar-refractivity contribution in [3.05, 3.63) is 0 Å². The van der Waals surface area contributed by atoms with Crippen LogP contribution in [0.2, 0.25) is 0 Å². The van der Waals surface area contributed by atoms with Crippen LogP contribution in [0.25, 0.3) is 0 Å². The third-order valence-corrected chi connectivity index (χ3v) is 5.58. The highest BCUT2D eigenvalue weighted by Crippen LogP contribution is 2.39. The normalized spacial score (nSPS) is 18.2. The molecule has 0 aromatic heterocycles. The molecule has 80 valence electrons. The van der Waals surface area contributed by atoms with Gasteiger partial charge in [-0.1, -0.05) is 21.6 Å². The maximum Gasteiger partial charge on any atom is 0.131 e. The molecule has 0 aliphatic carbocycles. The third kappa shape index (κ3) is 6.38. The molecule has 0 amide bonds. The Morgan fingerprint density at radius 1 is 1.38 bits per heavy atom. The Balaban J connectivity index is 3.82. The van der Waals surface area contributed by atoms with Crippen LogP contribution >= 0.6 is 46.8 Å². The molecule has 0 rings (SSSR count). The van der Waals surface area contributed by atoms with Crippen molar-refractivity contribution in [2.75, 3.05) is 18.1 Å². The van der Waals surface area contributed by atoms with Crippen LogP contribution in [0.15, 0.2) is 0 Å². The lowest BCUT2D eigenvalue weighted by atomic mass is 10.3.